The Kier molecular flexibility index (Phi) is 9.76. The Hall–Kier alpha value is -2.71. The number of esters is 1. The molecule has 0 bridgehead atoms. The topological polar surface area (TPSA) is 190 Å². The summed E-state index contributed by atoms with van der Waals surface area (Å²) in [5.41, 5.74) is 9.09. The minimum atomic E-state index is -4.21. The van der Waals surface area contributed by atoms with E-state index in [0.717, 1.165) is 0 Å². The summed E-state index contributed by atoms with van der Waals surface area (Å²) in [6.45, 7) is 2.53. The number of urea groups is 1. The van der Waals surface area contributed by atoms with Crippen LogP contribution in [-0.2, 0) is 32.9 Å². The molecule has 1 aromatic rings. The first-order valence-corrected chi connectivity index (χ1v) is 13.7. The zero-order valence-electron chi connectivity index (χ0n) is 21.0. The molecule has 2 heterocycles. The van der Waals surface area contributed by atoms with Gasteiger partial charge in [0.1, 0.15) is 22.3 Å². The largest absolute Gasteiger partial charge is 0.468 e. The van der Waals surface area contributed by atoms with Crippen LogP contribution in [0.15, 0.2) is 35.4 Å². The molecule has 2 aliphatic rings. The van der Waals surface area contributed by atoms with Gasteiger partial charge in [0, 0.05) is 18.4 Å². The molecule has 1 aromatic carbocycles. The van der Waals surface area contributed by atoms with Gasteiger partial charge in [0.2, 0.25) is 5.91 Å². The molecule has 2 fully saturated rings. The molecule has 0 saturated carbocycles. The van der Waals surface area contributed by atoms with E-state index in [1.807, 2.05) is 0 Å². The molecule has 2 aliphatic heterocycles. The van der Waals surface area contributed by atoms with E-state index in [1.54, 1.807) is 30.3 Å². The number of ether oxygens (including phenoxy) is 3. The van der Waals surface area contributed by atoms with Crippen LogP contribution in [0.4, 0.5) is 4.79 Å². The Morgan fingerprint density at radius 3 is 2.68 bits per heavy atom. The third-order valence-electron chi connectivity index (χ3n) is 5.84. The molecule has 17 heteroatoms. The highest BCUT2D eigenvalue weighted by atomic mass is 79.9. The summed E-state index contributed by atoms with van der Waals surface area (Å²) in [4.78, 5) is 41.0. The summed E-state index contributed by atoms with van der Waals surface area (Å²) in [6.07, 6.45) is -3.01. The number of nitrogens with zero attached hydrogens (tertiary/aromatic N) is 4. The Morgan fingerprint density at radius 1 is 1.39 bits per heavy atom. The number of hydrogen-bond acceptors (Lipinski definition) is 10. The van der Waals surface area contributed by atoms with Crippen LogP contribution in [0.25, 0.3) is 10.4 Å². The van der Waals surface area contributed by atoms with Gasteiger partial charge in [-0.05, 0) is 31.5 Å². The standard InChI is InChI=1S/C21H28BrN6O9P/c1-12(17(29)33-3)26-38(32,37-13-8-6-5-7-9-13)35-11-15-14(25-27-23)10-16(36-15)28-19(34-4)21(2,22)18(30)24-20(28)31/h5-9,12,14-16,19H,10-11H2,1-4H3,(H,26,32)(H,24,30,31)/t12?,14-,15+,16+,19?,21?,38?/m0/s1. The lowest BCUT2D eigenvalue weighted by Gasteiger charge is -2.44. The normalized spacial score (nSPS) is 29.6. The van der Waals surface area contributed by atoms with Gasteiger partial charge in [-0.3, -0.25) is 24.3 Å². The molecule has 0 spiro atoms. The van der Waals surface area contributed by atoms with Crippen LogP contribution < -0.4 is 14.9 Å². The molecule has 7 atom stereocenters. The number of nitrogens with one attached hydrogen (secondary N) is 2. The number of carbonyl (C=O) groups excluding carboxylic acids is 3. The number of halogens is 1. The van der Waals surface area contributed by atoms with Crippen molar-refractivity contribution in [2.24, 2.45) is 5.11 Å². The fourth-order valence-corrected chi connectivity index (χ4v) is 5.96. The van der Waals surface area contributed by atoms with Gasteiger partial charge in [-0.1, -0.05) is 39.2 Å². The molecule has 0 aliphatic carbocycles. The SMILES string of the molecule is COC(=O)C(C)NP(=O)(OC[C@H]1O[C@@H](N2C(=O)NC(=O)C(C)(Br)C2OC)C[C@@H]1N=[N+]=[N-])Oc1ccccc1. The van der Waals surface area contributed by atoms with E-state index in [0.29, 0.717) is 0 Å². The highest BCUT2D eigenvalue weighted by Gasteiger charge is 2.54. The smallest absolute Gasteiger partial charge is 0.459 e. The van der Waals surface area contributed by atoms with E-state index in [1.165, 1.54) is 33.0 Å². The first-order valence-electron chi connectivity index (χ1n) is 11.4. The number of amides is 3. The number of methoxy groups -OCH3 is 2. The van der Waals surface area contributed by atoms with Gasteiger partial charge in [0.05, 0.1) is 25.9 Å². The van der Waals surface area contributed by atoms with E-state index in [4.69, 9.17) is 24.1 Å². The van der Waals surface area contributed by atoms with Gasteiger partial charge in [-0.15, -0.1) is 0 Å². The first-order chi connectivity index (χ1) is 18.0. The molecule has 0 radical (unpaired) electrons. The predicted octanol–water partition coefficient (Wildman–Crippen LogP) is 2.81. The number of imide groups is 1. The molecular formula is C21H28BrN6O9P. The van der Waals surface area contributed by atoms with Gasteiger partial charge < -0.3 is 18.7 Å². The summed E-state index contributed by atoms with van der Waals surface area (Å²) in [5.74, 6) is -1.10. The zero-order chi connectivity index (χ0) is 28.1. The van der Waals surface area contributed by atoms with Crippen LogP contribution in [0.2, 0.25) is 0 Å². The van der Waals surface area contributed by atoms with Crippen molar-refractivity contribution in [3.63, 3.8) is 0 Å². The molecule has 3 rings (SSSR count). The van der Waals surface area contributed by atoms with Crippen LogP contribution in [-0.4, -0.2) is 78.6 Å². The minimum Gasteiger partial charge on any atom is -0.468 e. The third kappa shape index (κ3) is 6.64. The molecule has 4 unspecified atom stereocenters. The van der Waals surface area contributed by atoms with Crippen molar-refractivity contribution in [2.75, 3.05) is 20.8 Å². The maximum Gasteiger partial charge on any atom is 0.459 e. The predicted molar refractivity (Wildman–Crippen MR) is 135 cm³/mol. The fraction of sp³-hybridized carbons (Fsp3) is 0.571. The molecular weight excluding hydrogens is 591 g/mol. The second-order valence-electron chi connectivity index (χ2n) is 8.54. The number of hydrogen-bond donors (Lipinski definition) is 2. The molecule has 38 heavy (non-hydrogen) atoms. The van der Waals surface area contributed by atoms with Crippen LogP contribution >= 0.6 is 23.7 Å². The first kappa shape index (κ1) is 29.8. The molecule has 2 N–H and O–H groups in total. The molecule has 15 nitrogen and oxygen atoms in total. The molecule has 0 aromatic heterocycles. The number of benzene rings is 1. The average Bonchev–Trinajstić information content (AvgIpc) is 3.27. The van der Waals surface area contributed by atoms with Crippen molar-refractivity contribution < 1.29 is 42.2 Å². The monoisotopic (exact) mass is 618 g/mol. The zero-order valence-corrected chi connectivity index (χ0v) is 23.5. The number of rotatable bonds is 11. The van der Waals surface area contributed by atoms with Crippen molar-refractivity contribution in [1.29, 1.82) is 0 Å². The lowest BCUT2D eigenvalue weighted by Crippen LogP contribution is -2.69. The quantitative estimate of drug-likeness (QED) is 0.0930. The number of para-hydroxylation sites is 1. The van der Waals surface area contributed by atoms with E-state index in [-0.39, 0.29) is 12.2 Å². The molecule has 208 valence electrons. The van der Waals surface area contributed by atoms with Crippen LogP contribution in [0.5, 0.6) is 5.75 Å². The Bertz CT molecular complexity index is 1140. The molecule has 2 saturated heterocycles. The summed E-state index contributed by atoms with van der Waals surface area (Å²) >= 11 is 3.30. The molecule has 3 amide bonds. The van der Waals surface area contributed by atoms with Gasteiger partial charge in [-0.2, -0.15) is 5.09 Å². The fourth-order valence-electron chi connectivity index (χ4n) is 3.95. The van der Waals surface area contributed by atoms with Gasteiger partial charge in [0.25, 0.3) is 0 Å². The van der Waals surface area contributed by atoms with Crippen LogP contribution in [0.3, 0.4) is 0 Å². The number of azide groups is 1. The second kappa shape index (κ2) is 12.4. The van der Waals surface area contributed by atoms with Crippen molar-refractivity contribution in [1.82, 2.24) is 15.3 Å². The summed E-state index contributed by atoms with van der Waals surface area (Å²) < 4.78 is 39.6. The van der Waals surface area contributed by atoms with E-state index < -0.39 is 67.2 Å². The Morgan fingerprint density at radius 2 is 2.08 bits per heavy atom. The minimum absolute atomic E-state index is 0.0263. The maximum atomic E-state index is 13.6. The number of carbonyl (C=O) groups is 3. The number of alkyl halides is 1. The van der Waals surface area contributed by atoms with Crippen molar-refractivity contribution in [2.45, 2.75) is 55.2 Å². The van der Waals surface area contributed by atoms with Gasteiger partial charge in [-0.25, -0.2) is 9.36 Å². The van der Waals surface area contributed by atoms with E-state index >= 15 is 0 Å². The summed E-state index contributed by atoms with van der Waals surface area (Å²) in [5, 5.41) is 8.49. The van der Waals surface area contributed by atoms with Crippen LogP contribution in [0, 0.1) is 0 Å². The lowest BCUT2D eigenvalue weighted by atomic mass is 10.0. The average molecular weight is 619 g/mol. The van der Waals surface area contributed by atoms with Crippen molar-refractivity contribution in [3.8, 4) is 5.75 Å². The van der Waals surface area contributed by atoms with E-state index in [2.05, 4.69) is 41.1 Å². The highest BCUT2D eigenvalue weighted by molar-refractivity contribution is 9.10. The third-order valence-corrected chi connectivity index (χ3v) is 8.23. The summed E-state index contributed by atoms with van der Waals surface area (Å²) in [7, 11) is -1.70. The van der Waals surface area contributed by atoms with Gasteiger partial charge >= 0.3 is 19.7 Å². The summed E-state index contributed by atoms with van der Waals surface area (Å²) in [6, 6.07) is 5.46. The van der Waals surface area contributed by atoms with Crippen molar-refractivity contribution in [3.05, 3.63) is 40.8 Å². The highest BCUT2D eigenvalue weighted by Crippen LogP contribution is 2.46. The maximum absolute atomic E-state index is 13.6. The second-order valence-corrected chi connectivity index (χ2v) is 11.9. The lowest BCUT2D eigenvalue weighted by molar-refractivity contribution is -0.152. The van der Waals surface area contributed by atoms with Crippen molar-refractivity contribution >= 4 is 41.6 Å². The Balaban J connectivity index is 1.81. The van der Waals surface area contributed by atoms with Gasteiger partial charge in [0.15, 0.2) is 6.23 Å². The van der Waals surface area contributed by atoms with E-state index in [9.17, 15) is 18.9 Å². The van der Waals surface area contributed by atoms with Crippen LogP contribution in [0.1, 0.15) is 20.3 Å². The Labute approximate surface area is 226 Å².